The summed E-state index contributed by atoms with van der Waals surface area (Å²) in [7, 11) is -2.93. The van der Waals surface area contributed by atoms with Crippen LogP contribution in [0.15, 0.2) is 28.7 Å². The van der Waals surface area contributed by atoms with Gasteiger partial charge in [-0.1, -0.05) is 30.7 Å². The third kappa shape index (κ3) is 3.72. The zero-order valence-corrected chi connectivity index (χ0v) is 15.6. The van der Waals surface area contributed by atoms with Crippen molar-refractivity contribution in [1.82, 2.24) is 14.7 Å². The molecule has 0 bridgehead atoms. The summed E-state index contributed by atoms with van der Waals surface area (Å²) < 4.78 is 30.5. The van der Waals surface area contributed by atoms with E-state index in [0.717, 1.165) is 0 Å². The van der Waals surface area contributed by atoms with Crippen LogP contribution in [-0.2, 0) is 16.5 Å². The van der Waals surface area contributed by atoms with Crippen molar-refractivity contribution in [3.05, 3.63) is 34.1 Å². The van der Waals surface area contributed by atoms with Gasteiger partial charge in [-0.3, -0.25) is 4.90 Å². The molecule has 0 unspecified atom stereocenters. The molecule has 1 aromatic heterocycles. The summed E-state index contributed by atoms with van der Waals surface area (Å²) in [6, 6.07) is 7.24. The molecule has 3 rings (SSSR count). The number of benzene rings is 1. The van der Waals surface area contributed by atoms with Crippen molar-refractivity contribution in [2.24, 2.45) is 0 Å². The first-order chi connectivity index (χ1) is 11.4. The highest BCUT2D eigenvalue weighted by Crippen LogP contribution is 2.26. The Hall–Kier alpha value is -1.22. The maximum atomic E-state index is 11.7. The van der Waals surface area contributed by atoms with E-state index >= 15 is 0 Å². The van der Waals surface area contributed by atoms with Gasteiger partial charge in [-0.15, -0.1) is 5.10 Å². The SMILES string of the molecule is CCN(Cn1nc(-c2ccccc2Cl)oc1=S)[C@H]1CCS(=O)(=O)C1. The number of hydrogen-bond acceptors (Lipinski definition) is 6. The zero-order valence-electron chi connectivity index (χ0n) is 13.2. The molecule has 6 nitrogen and oxygen atoms in total. The number of halogens is 1. The minimum absolute atomic E-state index is 0.0117. The van der Waals surface area contributed by atoms with Gasteiger partial charge in [0.05, 0.1) is 28.8 Å². The predicted molar refractivity (Wildman–Crippen MR) is 95.2 cm³/mol. The average molecular weight is 388 g/mol. The number of aromatic nitrogens is 2. The monoisotopic (exact) mass is 387 g/mol. The van der Waals surface area contributed by atoms with Crippen LogP contribution in [0.4, 0.5) is 0 Å². The second-order valence-electron chi connectivity index (χ2n) is 5.76. The lowest BCUT2D eigenvalue weighted by Gasteiger charge is -2.25. The van der Waals surface area contributed by atoms with E-state index in [9.17, 15) is 8.42 Å². The first kappa shape index (κ1) is 17.6. The van der Waals surface area contributed by atoms with Crippen LogP contribution in [-0.4, -0.2) is 47.2 Å². The van der Waals surface area contributed by atoms with Crippen LogP contribution in [0.3, 0.4) is 0 Å². The van der Waals surface area contributed by atoms with E-state index in [0.29, 0.717) is 36.1 Å². The first-order valence-corrected chi connectivity index (χ1v) is 10.3. The van der Waals surface area contributed by atoms with Crippen LogP contribution in [0, 0.1) is 4.84 Å². The van der Waals surface area contributed by atoms with Gasteiger partial charge in [0.1, 0.15) is 0 Å². The molecule has 2 heterocycles. The molecule has 1 aliphatic heterocycles. The minimum atomic E-state index is -2.93. The summed E-state index contributed by atoms with van der Waals surface area (Å²) >= 11 is 11.4. The Morgan fingerprint density at radius 1 is 1.46 bits per heavy atom. The Labute approximate surface area is 150 Å². The lowest BCUT2D eigenvalue weighted by atomic mass is 10.2. The molecule has 24 heavy (non-hydrogen) atoms. The Morgan fingerprint density at radius 2 is 2.21 bits per heavy atom. The lowest BCUT2D eigenvalue weighted by molar-refractivity contribution is 0.162. The lowest BCUT2D eigenvalue weighted by Crippen LogP contribution is -2.37. The first-order valence-electron chi connectivity index (χ1n) is 7.67. The van der Waals surface area contributed by atoms with Crippen LogP contribution < -0.4 is 0 Å². The highest BCUT2D eigenvalue weighted by molar-refractivity contribution is 7.91. The summed E-state index contributed by atoms with van der Waals surface area (Å²) in [5, 5.41) is 4.94. The Bertz CT molecular complexity index is 891. The van der Waals surface area contributed by atoms with E-state index in [4.69, 9.17) is 28.2 Å². The smallest absolute Gasteiger partial charge is 0.288 e. The summed E-state index contributed by atoms with van der Waals surface area (Å²) in [6.45, 7) is 3.09. The molecule has 0 amide bonds. The van der Waals surface area contributed by atoms with Gasteiger partial charge in [0.15, 0.2) is 9.84 Å². The van der Waals surface area contributed by atoms with E-state index in [2.05, 4.69) is 10.00 Å². The number of rotatable bonds is 5. The number of hydrogen-bond donors (Lipinski definition) is 0. The fraction of sp³-hybridized carbons (Fsp3) is 0.467. The number of nitrogens with zero attached hydrogens (tertiary/aromatic N) is 3. The molecule has 0 N–H and O–H groups in total. The molecular weight excluding hydrogens is 370 g/mol. The second kappa shape index (κ2) is 6.95. The van der Waals surface area contributed by atoms with Crippen LogP contribution in [0.1, 0.15) is 13.3 Å². The van der Waals surface area contributed by atoms with Gasteiger partial charge in [-0.05, 0) is 37.3 Å². The van der Waals surface area contributed by atoms with Crippen molar-refractivity contribution in [1.29, 1.82) is 0 Å². The molecule has 1 atom stereocenters. The van der Waals surface area contributed by atoms with Gasteiger partial charge >= 0.3 is 0 Å². The maximum Gasteiger partial charge on any atom is 0.288 e. The zero-order chi connectivity index (χ0) is 17.3. The van der Waals surface area contributed by atoms with E-state index in [1.807, 2.05) is 25.1 Å². The van der Waals surface area contributed by atoms with Gasteiger partial charge in [-0.25, -0.2) is 13.1 Å². The van der Waals surface area contributed by atoms with Crippen LogP contribution >= 0.6 is 23.8 Å². The molecule has 1 aliphatic rings. The fourth-order valence-corrected chi connectivity index (χ4v) is 5.00. The largest absolute Gasteiger partial charge is 0.409 e. The average Bonchev–Trinajstić information content (AvgIpc) is 3.08. The predicted octanol–water partition coefficient (Wildman–Crippen LogP) is 2.99. The summed E-state index contributed by atoms with van der Waals surface area (Å²) in [6.07, 6.45) is 0.638. The van der Waals surface area contributed by atoms with E-state index in [1.54, 1.807) is 10.7 Å². The Morgan fingerprint density at radius 3 is 2.83 bits per heavy atom. The van der Waals surface area contributed by atoms with Crippen molar-refractivity contribution in [2.45, 2.75) is 26.1 Å². The third-order valence-electron chi connectivity index (χ3n) is 4.16. The third-order valence-corrected chi connectivity index (χ3v) is 6.53. The van der Waals surface area contributed by atoms with Gasteiger partial charge in [0.25, 0.3) is 4.84 Å². The molecule has 0 aliphatic carbocycles. The molecule has 2 aromatic rings. The molecular formula is C15H18ClN3O3S2. The quantitative estimate of drug-likeness (QED) is 0.734. The van der Waals surface area contributed by atoms with Crippen LogP contribution in [0.2, 0.25) is 5.02 Å². The number of sulfone groups is 1. The van der Waals surface area contributed by atoms with Crippen LogP contribution in [0.5, 0.6) is 0 Å². The van der Waals surface area contributed by atoms with Crippen LogP contribution in [0.25, 0.3) is 11.5 Å². The van der Waals surface area contributed by atoms with Gasteiger partial charge in [-0.2, -0.15) is 0 Å². The normalized spacial score (nSPS) is 19.9. The maximum absolute atomic E-state index is 11.7. The standard InChI is InChI=1S/C15H18ClN3O3S2/c1-2-18(11-7-8-24(20,21)9-11)10-19-15(23)22-14(17-19)12-5-3-4-6-13(12)16/h3-6,11H,2,7-10H2,1H3/t11-/m0/s1. The van der Waals surface area contributed by atoms with Crippen molar-refractivity contribution in [3.8, 4) is 11.5 Å². The highest BCUT2D eigenvalue weighted by Gasteiger charge is 2.32. The summed E-state index contributed by atoms with van der Waals surface area (Å²) in [4.78, 5) is 2.29. The van der Waals surface area contributed by atoms with E-state index in [-0.39, 0.29) is 22.4 Å². The molecule has 1 aromatic carbocycles. The van der Waals surface area contributed by atoms with Gasteiger partial charge in [0.2, 0.25) is 5.89 Å². The molecule has 9 heteroatoms. The van der Waals surface area contributed by atoms with E-state index < -0.39 is 9.84 Å². The second-order valence-corrected chi connectivity index (χ2v) is 8.74. The van der Waals surface area contributed by atoms with E-state index in [1.165, 1.54) is 0 Å². The molecule has 0 spiro atoms. The minimum Gasteiger partial charge on any atom is -0.409 e. The molecule has 1 saturated heterocycles. The Kier molecular flexibility index (Phi) is 5.10. The molecule has 1 fully saturated rings. The van der Waals surface area contributed by atoms with Crippen molar-refractivity contribution in [2.75, 3.05) is 18.1 Å². The van der Waals surface area contributed by atoms with Gasteiger partial charge in [0, 0.05) is 6.04 Å². The molecule has 0 radical (unpaired) electrons. The van der Waals surface area contributed by atoms with Crippen molar-refractivity contribution >= 4 is 33.7 Å². The topological polar surface area (TPSA) is 68.3 Å². The van der Waals surface area contributed by atoms with Gasteiger partial charge < -0.3 is 4.42 Å². The molecule has 130 valence electrons. The summed E-state index contributed by atoms with van der Waals surface area (Å²) in [5.74, 6) is 0.785. The summed E-state index contributed by atoms with van der Waals surface area (Å²) in [5.41, 5.74) is 0.676. The van der Waals surface area contributed by atoms with Crippen molar-refractivity contribution in [3.63, 3.8) is 0 Å². The molecule has 0 saturated carbocycles. The van der Waals surface area contributed by atoms with Crippen molar-refractivity contribution < 1.29 is 12.8 Å². The fourth-order valence-electron chi connectivity index (χ4n) is 2.85. The Balaban J connectivity index is 1.83. The highest BCUT2D eigenvalue weighted by atomic mass is 35.5.